The summed E-state index contributed by atoms with van der Waals surface area (Å²) in [6, 6.07) is 6.15. The maximum atomic E-state index is 12.9. The minimum atomic E-state index is -0.259. The molecule has 1 aromatic rings. The molecule has 2 unspecified atom stereocenters. The van der Waals surface area contributed by atoms with Crippen molar-refractivity contribution in [3.8, 4) is 0 Å². The number of halogens is 1. The van der Waals surface area contributed by atoms with Crippen LogP contribution in [-0.4, -0.2) is 44.0 Å². The van der Waals surface area contributed by atoms with Gasteiger partial charge in [-0.3, -0.25) is 9.69 Å². The Kier molecular flexibility index (Phi) is 5.70. The summed E-state index contributed by atoms with van der Waals surface area (Å²) >= 11 is 0. The molecule has 1 aliphatic rings. The van der Waals surface area contributed by atoms with Crippen LogP contribution < -0.4 is 10.6 Å². The largest absolute Gasteiger partial charge is 0.348 e. The van der Waals surface area contributed by atoms with Gasteiger partial charge in [0.25, 0.3) is 0 Å². The first-order chi connectivity index (χ1) is 10.1. The molecule has 2 rings (SSSR count). The first-order valence-electron chi connectivity index (χ1n) is 7.50. The number of hydrogen-bond donors (Lipinski definition) is 2. The first-order valence-corrected chi connectivity index (χ1v) is 7.50. The van der Waals surface area contributed by atoms with Crippen molar-refractivity contribution in [1.29, 1.82) is 0 Å². The highest BCUT2D eigenvalue weighted by Gasteiger charge is 2.23. The molecule has 5 heteroatoms. The number of nitrogens with one attached hydrogen (secondary N) is 2. The van der Waals surface area contributed by atoms with Crippen LogP contribution in [0.1, 0.15) is 24.9 Å². The summed E-state index contributed by atoms with van der Waals surface area (Å²) in [5.41, 5.74) is 0.916. The second-order valence-corrected chi connectivity index (χ2v) is 5.79. The maximum Gasteiger partial charge on any atom is 0.234 e. The van der Waals surface area contributed by atoms with Gasteiger partial charge in [0, 0.05) is 6.54 Å². The van der Waals surface area contributed by atoms with Gasteiger partial charge in [0.1, 0.15) is 5.82 Å². The van der Waals surface area contributed by atoms with Gasteiger partial charge in [0.05, 0.1) is 12.6 Å². The van der Waals surface area contributed by atoms with Crippen LogP contribution >= 0.6 is 0 Å². The molecule has 1 saturated heterocycles. The van der Waals surface area contributed by atoms with E-state index in [1.54, 1.807) is 12.1 Å². The van der Waals surface area contributed by atoms with E-state index in [1.807, 2.05) is 14.0 Å². The molecular formula is C16H24FN3O. The Hall–Kier alpha value is -1.46. The van der Waals surface area contributed by atoms with E-state index in [2.05, 4.69) is 15.5 Å². The predicted molar refractivity (Wildman–Crippen MR) is 81.4 cm³/mol. The zero-order valence-corrected chi connectivity index (χ0v) is 12.7. The second-order valence-electron chi connectivity index (χ2n) is 5.79. The van der Waals surface area contributed by atoms with E-state index in [-0.39, 0.29) is 17.8 Å². The lowest BCUT2D eigenvalue weighted by atomic mass is 10.1. The van der Waals surface area contributed by atoms with Crippen LogP contribution in [0.3, 0.4) is 0 Å². The highest BCUT2D eigenvalue weighted by atomic mass is 19.1. The minimum absolute atomic E-state index is 0.0249. The van der Waals surface area contributed by atoms with Gasteiger partial charge in [0.15, 0.2) is 0 Å². The van der Waals surface area contributed by atoms with Crippen molar-refractivity contribution < 1.29 is 9.18 Å². The number of nitrogens with zero attached hydrogens (tertiary/aromatic N) is 1. The number of benzene rings is 1. The lowest BCUT2D eigenvalue weighted by Crippen LogP contribution is -2.37. The molecule has 0 saturated carbocycles. The van der Waals surface area contributed by atoms with Crippen LogP contribution in [0.25, 0.3) is 0 Å². The van der Waals surface area contributed by atoms with Crippen molar-refractivity contribution in [3.63, 3.8) is 0 Å². The van der Waals surface area contributed by atoms with Crippen LogP contribution in [0, 0.1) is 11.7 Å². The SMILES string of the molecule is CNCC1CCN(CC(=O)NC(C)c2ccc(F)cc2)C1. The van der Waals surface area contributed by atoms with Crippen LogP contribution in [0.5, 0.6) is 0 Å². The van der Waals surface area contributed by atoms with Crippen molar-refractivity contribution in [1.82, 2.24) is 15.5 Å². The molecule has 4 nitrogen and oxygen atoms in total. The standard InChI is InChI=1S/C16H24FN3O/c1-12(14-3-5-15(17)6-4-14)19-16(21)11-20-8-7-13(10-20)9-18-2/h3-6,12-13,18H,7-11H2,1-2H3,(H,19,21). The number of carbonyl (C=O) groups excluding carboxylic acids is 1. The molecule has 0 spiro atoms. The summed E-state index contributed by atoms with van der Waals surface area (Å²) in [5.74, 6) is 0.402. The normalized spacial score (nSPS) is 20.4. The van der Waals surface area contributed by atoms with E-state index in [0.29, 0.717) is 12.5 Å². The van der Waals surface area contributed by atoms with Crippen molar-refractivity contribution >= 4 is 5.91 Å². The summed E-state index contributed by atoms with van der Waals surface area (Å²) in [7, 11) is 1.96. The second kappa shape index (κ2) is 7.52. The lowest BCUT2D eigenvalue weighted by Gasteiger charge is -2.19. The average molecular weight is 293 g/mol. The number of carbonyl (C=O) groups is 1. The summed E-state index contributed by atoms with van der Waals surface area (Å²) in [4.78, 5) is 14.3. The molecule has 1 amide bonds. The van der Waals surface area contributed by atoms with Crippen molar-refractivity contribution in [3.05, 3.63) is 35.6 Å². The zero-order chi connectivity index (χ0) is 15.2. The molecule has 0 aromatic heterocycles. The molecule has 1 aromatic carbocycles. The third-order valence-corrected chi connectivity index (χ3v) is 3.98. The van der Waals surface area contributed by atoms with Gasteiger partial charge in [-0.1, -0.05) is 12.1 Å². The monoisotopic (exact) mass is 293 g/mol. The van der Waals surface area contributed by atoms with Crippen molar-refractivity contribution in [2.45, 2.75) is 19.4 Å². The van der Waals surface area contributed by atoms with Gasteiger partial charge >= 0.3 is 0 Å². The van der Waals surface area contributed by atoms with Crippen molar-refractivity contribution in [2.75, 3.05) is 33.2 Å². The summed E-state index contributed by atoms with van der Waals surface area (Å²) in [6.07, 6.45) is 1.14. The molecular weight excluding hydrogens is 269 g/mol. The Labute approximate surface area is 125 Å². The Morgan fingerprint density at radius 1 is 1.43 bits per heavy atom. The van der Waals surface area contributed by atoms with Crippen LogP contribution in [-0.2, 0) is 4.79 Å². The summed E-state index contributed by atoms with van der Waals surface area (Å²) < 4.78 is 12.9. The fourth-order valence-corrected chi connectivity index (χ4v) is 2.84. The van der Waals surface area contributed by atoms with E-state index in [4.69, 9.17) is 0 Å². The van der Waals surface area contributed by atoms with Gasteiger partial charge in [0.2, 0.25) is 5.91 Å². The fraction of sp³-hybridized carbons (Fsp3) is 0.562. The molecule has 21 heavy (non-hydrogen) atoms. The molecule has 1 fully saturated rings. The molecule has 1 aliphatic heterocycles. The van der Waals surface area contributed by atoms with Crippen LogP contribution in [0.15, 0.2) is 24.3 Å². The lowest BCUT2D eigenvalue weighted by molar-refractivity contribution is -0.122. The topological polar surface area (TPSA) is 44.4 Å². The number of hydrogen-bond acceptors (Lipinski definition) is 3. The first kappa shape index (κ1) is 15.9. The van der Waals surface area contributed by atoms with Gasteiger partial charge < -0.3 is 10.6 Å². The smallest absolute Gasteiger partial charge is 0.234 e. The predicted octanol–water partition coefficient (Wildman–Crippen LogP) is 1.54. The minimum Gasteiger partial charge on any atom is -0.348 e. The summed E-state index contributed by atoms with van der Waals surface area (Å²) in [6.45, 7) is 5.30. The molecule has 116 valence electrons. The maximum absolute atomic E-state index is 12.9. The van der Waals surface area contributed by atoms with Crippen LogP contribution in [0.4, 0.5) is 4.39 Å². The fourth-order valence-electron chi connectivity index (χ4n) is 2.84. The highest BCUT2D eigenvalue weighted by Crippen LogP contribution is 2.16. The highest BCUT2D eigenvalue weighted by molar-refractivity contribution is 5.78. The Balaban J connectivity index is 1.78. The molecule has 1 heterocycles. The number of likely N-dealkylation sites (tertiary alicyclic amines) is 1. The third-order valence-electron chi connectivity index (χ3n) is 3.98. The Morgan fingerprint density at radius 2 is 2.14 bits per heavy atom. The average Bonchev–Trinajstić information content (AvgIpc) is 2.87. The van der Waals surface area contributed by atoms with Gasteiger partial charge in [-0.05, 0) is 57.1 Å². The van der Waals surface area contributed by atoms with E-state index in [9.17, 15) is 9.18 Å². The molecule has 0 bridgehead atoms. The van der Waals surface area contributed by atoms with Gasteiger partial charge in [-0.15, -0.1) is 0 Å². The van der Waals surface area contributed by atoms with E-state index < -0.39 is 0 Å². The zero-order valence-electron chi connectivity index (χ0n) is 12.7. The van der Waals surface area contributed by atoms with Gasteiger partial charge in [-0.2, -0.15) is 0 Å². The Morgan fingerprint density at radius 3 is 2.81 bits per heavy atom. The quantitative estimate of drug-likeness (QED) is 0.836. The summed E-state index contributed by atoms with van der Waals surface area (Å²) in [5, 5.41) is 6.15. The van der Waals surface area contributed by atoms with Crippen molar-refractivity contribution in [2.24, 2.45) is 5.92 Å². The molecule has 2 N–H and O–H groups in total. The number of rotatable bonds is 6. The van der Waals surface area contributed by atoms with Crippen LogP contribution in [0.2, 0.25) is 0 Å². The van der Waals surface area contributed by atoms with E-state index in [0.717, 1.165) is 31.6 Å². The van der Waals surface area contributed by atoms with E-state index in [1.165, 1.54) is 12.1 Å². The number of amides is 1. The van der Waals surface area contributed by atoms with Gasteiger partial charge in [-0.25, -0.2) is 4.39 Å². The Bertz CT molecular complexity index is 463. The molecule has 2 atom stereocenters. The molecule has 0 radical (unpaired) electrons. The third kappa shape index (κ3) is 4.79. The molecule has 0 aliphatic carbocycles. The van der Waals surface area contributed by atoms with E-state index >= 15 is 0 Å².